The summed E-state index contributed by atoms with van der Waals surface area (Å²) in [6.45, 7) is 2.03. The van der Waals surface area contributed by atoms with Crippen LogP contribution in [0.15, 0.2) is 36.5 Å². The van der Waals surface area contributed by atoms with Crippen LogP contribution in [0.2, 0.25) is 0 Å². The van der Waals surface area contributed by atoms with Crippen LogP contribution < -0.4 is 10.6 Å². The van der Waals surface area contributed by atoms with E-state index in [1.54, 1.807) is 6.20 Å². The van der Waals surface area contributed by atoms with Gasteiger partial charge in [0.05, 0.1) is 5.52 Å². The van der Waals surface area contributed by atoms with Crippen molar-refractivity contribution in [2.24, 2.45) is 0 Å². The van der Waals surface area contributed by atoms with Gasteiger partial charge >= 0.3 is 0 Å². The number of hydrogen-bond acceptors (Lipinski definition) is 3. The molecule has 1 amide bonds. The van der Waals surface area contributed by atoms with E-state index < -0.39 is 0 Å². The topological polar surface area (TPSA) is 54.0 Å². The van der Waals surface area contributed by atoms with Crippen molar-refractivity contribution in [3.05, 3.63) is 42.1 Å². The zero-order valence-corrected chi connectivity index (χ0v) is 11.4. The Morgan fingerprint density at radius 1 is 1.25 bits per heavy atom. The smallest absolute Gasteiger partial charge is 0.251 e. The van der Waals surface area contributed by atoms with Crippen LogP contribution in [-0.2, 0) is 0 Å². The first-order valence-corrected chi connectivity index (χ1v) is 7.19. The lowest BCUT2D eigenvalue weighted by atomic mass is 10.1. The zero-order valence-electron chi connectivity index (χ0n) is 11.4. The summed E-state index contributed by atoms with van der Waals surface area (Å²) >= 11 is 0. The highest BCUT2D eigenvalue weighted by Crippen LogP contribution is 2.14. The Kier molecular flexibility index (Phi) is 3.92. The molecule has 2 aromatic rings. The fraction of sp³-hybridized carbons (Fsp3) is 0.375. The molecule has 20 heavy (non-hydrogen) atoms. The number of rotatable bonds is 2. The van der Waals surface area contributed by atoms with E-state index in [9.17, 15) is 4.79 Å². The van der Waals surface area contributed by atoms with E-state index in [0.717, 1.165) is 43.3 Å². The summed E-state index contributed by atoms with van der Waals surface area (Å²) < 4.78 is 0. The number of carbonyl (C=O) groups is 1. The van der Waals surface area contributed by atoms with E-state index in [4.69, 9.17) is 0 Å². The second-order valence-electron chi connectivity index (χ2n) is 5.26. The summed E-state index contributed by atoms with van der Waals surface area (Å²) in [5.74, 6) is 0.0163. The number of benzene rings is 1. The van der Waals surface area contributed by atoms with Crippen LogP contribution >= 0.6 is 0 Å². The summed E-state index contributed by atoms with van der Waals surface area (Å²) in [6.07, 6.45) is 4.93. The normalized spacial score (nSPS) is 19.5. The number of fused-ring (bicyclic) bond motifs is 1. The maximum Gasteiger partial charge on any atom is 0.251 e. The van der Waals surface area contributed by atoms with Crippen LogP contribution in [0.25, 0.3) is 10.9 Å². The minimum Gasteiger partial charge on any atom is -0.349 e. The number of nitrogens with zero attached hydrogens (tertiary/aromatic N) is 1. The van der Waals surface area contributed by atoms with E-state index >= 15 is 0 Å². The predicted octanol–water partition coefficient (Wildman–Crippen LogP) is 2.11. The van der Waals surface area contributed by atoms with Gasteiger partial charge in [-0.2, -0.15) is 0 Å². The molecule has 1 unspecified atom stereocenters. The standard InChI is InChI=1S/C16H19N3O/c20-16(19-14-4-2-8-17-10-7-14)13-5-6-15-12(11-13)3-1-9-18-15/h1,3,5-6,9,11,14,17H,2,4,7-8,10H2,(H,19,20). The first-order valence-electron chi connectivity index (χ1n) is 7.19. The van der Waals surface area contributed by atoms with Crippen LogP contribution in [-0.4, -0.2) is 30.0 Å². The molecule has 1 saturated heterocycles. The van der Waals surface area contributed by atoms with E-state index in [2.05, 4.69) is 15.6 Å². The van der Waals surface area contributed by atoms with Crippen molar-refractivity contribution in [1.82, 2.24) is 15.6 Å². The quantitative estimate of drug-likeness (QED) is 0.878. The lowest BCUT2D eigenvalue weighted by Gasteiger charge is -2.16. The molecule has 4 nitrogen and oxygen atoms in total. The van der Waals surface area contributed by atoms with Gasteiger partial charge in [0.25, 0.3) is 5.91 Å². The van der Waals surface area contributed by atoms with Gasteiger partial charge in [0.1, 0.15) is 0 Å². The largest absolute Gasteiger partial charge is 0.349 e. The summed E-state index contributed by atoms with van der Waals surface area (Å²) in [5, 5.41) is 7.50. The highest BCUT2D eigenvalue weighted by atomic mass is 16.1. The number of carbonyl (C=O) groups excluding carboxylic acids is 1. The van der Waals surface area contributed by atoms with Gasteiger partial charge in [0.2, 0.25) is 0 Å². The number of nitrogens with one attached hydrogen (secondary N) is 2. The number of hydrogen-bond donors (Lipinski definition) is 2. The fourth-order valence-electron chi connectivity index (χ4n) is 2.65. The van der Waals surface area contributed by atoms with Gasteiger partial charge in [-0.15, -0.1) is 0 Å². The average Bonchev–Trinajstić information content (AvgIpc) is 2.75. The molecule has 0 spiro atoms. The Morgan fingerprint density at radius 3 is 3.15 bits per heavy atom. The van der Waals surface area contributed by atoms with E-state index in [1.807, 2.05) is 30.3 Å². The second-order valence-corrected chi connectivity index (χ2v) is 5.26. The number of pyridine rings is 1. The maximum atomic E-state index is 12.3. The molecule has 2 heterocycles. The van der Waals surface area contributed by atoms with Crippen molar-refractivity contribution < 1.29 is 4.79 Å². The summed E-state index contributed by atoms with van der Waals surface area (Å²) in [7, 11) is 0. The Bertz CT molecular complexity index is 603. The summed E-state index contributed by atoms with van der Waals surface area (Å²) in [5.41, 5.74) is 1.63. The van der Waals surface area contributed by atoms with Gasteiger partial charge in [-0.3, -0.25) is 9.78 Å². The Labute approximate surface area is 118 Å². The van der Waals surface area contributed by atoms with Gasteiger partial charge in [-0.05, 0) is 56.6 Å². The molecule has 1 aromatic carbocycles. The van der Waals surface area contributed by atoms with Crippen LogP contribution in [0.1, 0.15) is 29.6 Å². The molecule has 0 saturated carbocycles. The minimum atomic E-state index is 0.0163. The van der Waals surface area contributed by atoms with Crippen molar-refractivity contribution in [2.45, 2.75) is 25.3 Å². The SMILES string of the molecule is O=C(NC1CCCNCC1)c1ccc2ncccc2c1. The first kappa shape index (κ1) is 13.1. The molecule has 2 N–H and O–H groups in total. The lowest BCUT2D eigenvalue weighted by molar-refractivity contribution is 0.0934. The Morgan fingerprint density at radius 2 is 2.20 bits per heavy atom. The fourth-order valence-corrected chi connectivity index (χ4v) is 2.65. The molecule has 1 aliphatic heterocycles. The monoisotopic (exact) mass is 269 g/mol. The molecule has 1 aromatic heterocycles. The molecule has 1 atom stereocenters. The zero-order chi connectivity index (χ0) is 13.8. The minimum absolute atomic E-state index is 0.0163. The first-order chi connectivity index (χ1) is 9.83. The molecular formula is C16H19N3O. The van der Waals surface area contributed by atoms with Crippen LogP contribution in [0.3, 0.4) is 0 Å². The molecule has 0 aliphatic carbocycles. The average molecular weight is 269 g/mol. The molecule has 4 heteroatoms. The molecule has 3 rings (SSSR count). The van der Waals surface area contributed by atoms with Crippen molar-refractivity contribution in [1.29, 1.82) is 0 Å². The number of aromatic nitrogens is 1. The van der Waals surface area contributed by atoms with Crippen molar-refractivity contribution in [3.63, 3.8) is 0 Å². The second kappa shape index (κ2) is 6.01. The van der Waals surface area contributed by atoms with E-state index in [1.165, 1.54) is 0 Å². The third-order valence-corrected chi connectivity index (χ3v) is 3.78. The predicted molar refractivity (Wildman–Crippen MR) is 79.7 cm³/mol. The van der Waals surface area contributed by atoms with Gasteiger partial charge in [-0.25, -0.2) is 0 Å². The van der Waals surface area contributed by atoms with Gasteiger partial charge in [0, 0.05) is 23.2 Å². The van der Waals surface area contributed by atoms with Crippen molar-refractivity contribution in [2.75, 3.05) is 13.1 Å². The number of amides is 1. The molecular weight excluding hydrogens is 250 g/mol. The van der Waals surface area contributed by atoms with Crippen LogP contribution in [0.5, 0.6) is 0 Å². The maximum absolute atomic E-state index is 12.3. The molecule has 0 radical (unpaired) electrons. The van der Waals surface area contributed by atoms with E-state index in [-0.39, 0.29) is 11.9 Å². The third-order valence-electron chi connectivity index (χ3n) is 3.78. The molecule has 1 aliphatic rings. The Balaban J connectivity index is 1.74. The lowest BCUT2D eigenvalue weighted by Crippen LogP contribution is -2.35. The van der Waals surface area contributed by atoms with Crippen LogP contribution in [0.4, 0.5) is 0 Å². The molecule has 0 bridgehead atoms. The molecule has 1 fully saturated rings. The third kappa shape index (κ3) is 2.96. The van der Waals surface area contributed by atoms with Crippen molar-refractivity contribution in [3.8, 4) is 0 Å². The highest BCUT2D eigenvalue weighted by Gasteiger charge is 2.15. The molecule has 104 valence electrons. The summed E-state index contributed by atoms with van der Waals surface area (Å²) in [6, 6.07) is 9.81. The van der Waals surface area contributed by atoms with E-state index in [0.29, 0.717) is 5.56 Å². The summed E-state index contributed by atoms with van der Waals surface area (Å²) in [4.78, 5) is 16.6. The Hall–Kier alpha value is -1.94. The highest BCUT2D eigenvalue weighted by molar-refractivity contribution is 5.98. The van der Waals surface area contributed by atoms with Gasteiger partial charge < -0.3 is 10.6 Å². The van der Waals surface area contributed by atoms with Gasteiger partial charge in [-0.1, -0.05) is 6.07 Å². The van der Waals surface area contributed by atoms with Crippen LogP contribution in [0, 0.1) is 0 Å². The van der Waals surface area contributed by atoms with Crippen molar-refractivity contribution >= 4 is 16.8 Å². The van der Waals surface area contributed by atoms with Gasteiger partial charge in [0.15, 0.2) is 0 Å².